The average Bonchev–Trinajstić information content (AvgIpc) is 2.44. The second kappa shape index (κ2) is 7.79. The average molecular weight is 329 g/mol. The molecule has 0 heterocycles. The molecular weight excluding hydrogens is 314 g/mol. The minimum Gasteiger partial charge on any atom is -0.495 e. The Kier molecular flexibility index (Phi) is 6.38. The van der Waals surface area contributed by atoms with Crippen LogP contribution in [0.4, 0.5) is 11.4 Å². The Morgan fingerprint density at radius 2 is 2.19 bits per heavy atom. The van der Waals surface area contributed by atoms with Gasteiger partial charge in [-0.3, -0.25) is 14.9 Å². The summed E-state index contributed by atoms with van der Waals surface area (Å²) in [6.45, 7) is 0. The lowest BCUT2D eigenvalue weighted by Gasteiger charge is -2.13. The number of rotatable bonds is 5. The third-order valence-electron chi connectivity index (χ3n) is 2.36. The summed E-state index contributed by atoms with van der Waals surface area (Å²) in [5.74, 6) is 0.153. The van der Waals surface area contributed by atoms with E-state index in [-0.39, 0.29) is 23.0 Å². The summed E-state index contributed by atoms with van der Waals surface area (Å²) in [7, 11) is 5.00. The molecule has 0 bridgehead atoms. The van der Waals surface area contributed by atoms with E-state index in [0.29, 0.717) is 10.1 Å². The van der Waals surface area contributed by atoms with Gasteiger partial charge in [-0.15, -0.1) is 0 Å². The molecule has 1 amide bonds. The summed E-state index contributed by atoms with van der Waals surface area (Å²) in [6.07, 6.45) is 0. The molecule has 1 aromatic carbocycles. The predicted molar refractivity (Wildman–Crippen MR) is 87.0 cm³/mol. The first-order valence-corrected chi connectivity index (χ1v) is 7.21. The SMILES string of the molecule is COc1ccc([N+](=O)[O-])cc1NC(=O)CSC(=S)N(C)C. The van der Waals surface area contributed by atoms with Crippen LogP contribution >= 0.6 is 24.0 Å². The standard InChI is InChI=1S/C12H15N3O4S2/c1-14(2)12(20)21-7-11(16)13-9-6-8(15(17)18)4-5-10(9)19-3/h4-6H,7H2,1-3H3,(H,13,16). The van der Waals surface area contributed by atoms with Gasteiger partial charge < -0.3 is 15.0 Å². The lowest BCUT2D eigenvalue weighted by atomic mass is 10.2. The van der Waals surface area contributed by atoms with E-state index in [9.17, 15) is 14.9 Å². The Labute approximate surface area is 131 Å². The van der Waals surface area contributed by atoms with Crippen LogP contribution in [0, 0.1) is 10.1 Å². The van der Waals surface area contributed by atoms with Crippen LogP contribution in [0.3, 0.4) is 0 Å². The van der Waals surface area contributed by atoms with Crippen LogP contribution in [0.15, 0.2) is 18.2 Å². The number of thiocarbonyl (C=S) groups is 1. The molecule has 0 fully saturated rings. The molecule has 1 rings (SSSR count). The molecule has 0 aliphatic carbocycles. The van der Waals surface area contributed by atoms with Gasteiger partial charge in [-0.1, -0.05) is 24.0 Å². The van der Waals surface area contributed by atoms with Gasteiger partial charge in [0.2, 0.25) is 5.91 Å². The first-order chi connectivity index (χ1) is 9.85. The zero-order chi connectivity index (χ0) is 16.0. The Hall–Kier alpha value is -1.87. The molecule has 0 atom stereocenters. The van der Waals surface area contributed by atoms with Crippen molar-refractivity contribution in [2.45, 2.75) is 0 Å². The highest BCUT2D eigenvalue weighted by molar-refractivity contribution is 8.23. The second-order valence-electron chi connectivity index (χ2n) is 4.14. The number of nitro benzene ring substituents is 1. The molecule has 0 aromatic heterocycles. The number of non-ortho nitro benzene ring substituents is 1. The second-order valence-corrected chi connectivity index (χ2v) is 5.75. The number of anilines is 1. The monoisotopic (exact) mass is 329 g/mol. The van der Waals surface area contributed by atoms with Crippen LogP contribution in [0.25, 0.3) is 0 Å². The van der Waals surface area contributed by atoms with Crippen molar-refractivity contribution < 1.29 is 14.5 Å². The first-order valence-electron chi connectivity index (χ1n) is 5.81. The molecule has 0 aliphatic heterocycles. The van der Waals surface area contributed by atoms with Gasteiger partial charge in [0.1, 0.15) is 10.1 Å². The summed E-state index contributed by atoms with van der Waals surface area (Å²) in [5, 5.41) is 13.3. The van der Waals surface area contributed by atoms with E-state index >= 15 is 0 Å². The summed E-state index contributed by atoms with van der Waals surface area (Å²) in [5.41, 5.74) is 0.135. The number of nitrogens with zero attached hydrogens (tertiary/aromatic N) is 2. The van der Waals surface area contributed by atoms with Crippen molar-refractivity contribution in [3.63, 3.8) is 0 Å². The minimum absolute atomic E-state index is 0.114. The van der Waals surface area contributed by atoms with Crippen LogP contribution in [0.2, 0.25) is 0 Å². The Morgan fingerprint density at radius 1 is 1.52 bits per heavy atom. The molecule has 0 saturated heterocycles. The quantitative estimate of drug-likeness (QED) is 0.503. The largest absolute Gasteiger partial charge is 0.495 e. The maximum Gasteiger partial charge on any atom is 0.271 e. The third-order valence-corrected chi connectivity index (χ3v) is 4.10. The maximum atomic E-state index is 11.9. The fraction of sp³-hybridized carbons (Fsp3) is 0.333. The number of carbonyl (C=O) groups excluding carboxylic acids is 1. The molecule has 114 valence electrons. The smallest absolute Gasteiger partial charge is 0.271 e. The van der Waals surface area contributed by atoms with E-state index < -0.39 is 4.92 Å². The highest BCUT2D eigenvalue weighted by Crippen LogP contribution is 2.28. The number of thioether (sulfide) groups is 1. The van der Waals surface area contributed by atoms with Gasteiger partial charge in [0.15, 0.2) is 0 Å². The molecular formula is C12H15N3O4S2. The van der Waals surface area contributed by atoms with Crippen LogP contribution < -0.4 is 10.1 Å². The molecule has 0 saturated carbocycles. The number of benzene rings is 1. The molecule has 7 nitrogen and oxygen atoms in total. The zero-order valence-corrected chi connectivity index (χ0v) is 13.4. The summed E-state index contributed by atoms with van der Waals surface area (Å²) >= 11 is 6.27. The van der Waals surface area contributed by atoms with Crippen molar-refractivity contribution in [3.05, 3.63) is 28.3 Å². The number of amides is 1. The van der Waals surface area contributed by atoms with Gasteiger partial charge in [0.05, 0.1) is 23.5 Å². The fourth-order valence-electron chi connectivity index (χ4n) is 1.35. The number of methoxy groups -OCH3 is 1. The van der Waals surface area contributed by atoms with Crippen LogP contribution in [-0.4, -0.2) is 47.0 Å². The fourth-order valence-corrected chi connectivity index (χ4v) is 2.11. The van der Waals surface area contributed by atoms with Crippen molar-refractivity contribution in [1.82, 2.24) is 4.90 Å². The van der Waals surface area contributed by atoms with E-state index in [4.69, 9.17) is 17.0 Å². The summed E-state index contributed by atoms with van der Waals surface area (Å²) in [6, 6.07) is 4.00. The third kappa shape index (κ3) is 5.20. The van der Waals surface area contributed by atoms with Gasteiger partial charge >= 0.3 is 0 Å². The van der Waals surface area contributed by atoms with Crippen molar-refractivity contribution in [2.24, 2.45) is 0 Å². The van der Waals surface area contributed by atoms with Gasteiger partial charge in [-0.25, -0.2) is 0 Å². The number of ether oxygens (including phenoxy) is 1. The molecule has 0 unspecified atom stereocenters. The van der Waals surface area contributed by atoms with E-state index in [0.717, 1.165) is 0 Å². The predicted octanol–water partition coefficient (Wildman–Crippen LogP) is 2.12. The van der Waals surface area contributed by atoms with Gasteiger partial charge in [-0.05, 0) is 6.07 Å². The number of hydrogen-bond donors (Lipinski definition) is 1. The van der Waals surface area contributed by atoms with Gasteiger partial charge in [0, 0.05) is 26.2 Å². The van der Waals surface area contributed by atoms with Crippen molar-refractivity contribution in [1.29, 1.82) is 0 Å². The molecule has 21 heavy (non-hydrogen) atoms. The lowest BCUT2D eigenvalue weighted by Crippen LogP contribution is -2.21. The van der Waals surface area contributed by atoms with E-state index in [1.54, 1.807) is 19.0 Å². The Balaban J connectivity index is 2.76. The zero-order valence-electron chi connectivity index (χ0n) is 11.8. The van der Waals surface area contributed by atoms with Gasteiger partial charge in [0.25, 0.3) is 5.69 Å². The number of carbonyl (C=O) groups is 1. The normalized spacial score (nSPS) is 9.86. The van der Waals surface area contributed by atoms with Gasteiger partial charge in [-0.2, -0.15) is 0 Å². The van der Waals surface area contributed by atoms with Crippen LogP contribution in [0.1, 0.15) is 0 Å². The van der Waals surface area contributed by atoms with E-state index in [2.05, 4.69) is 5.32 Å². The summed E-state index contributed by atoms with van der Waals surface area (Å²) in [4.78, 5) is 23.8. The number of nitro groups is 1. The highest BCUT2D eigenvalue weighted by atomic mass is 32.2. The molecule has 0 aliphatic rings. The van der Waals surface area contributed by atoms with Crippen molar-refractivity contribution >= 4 is 45.6 Å². The van der Waals surface area contributed by atoms with Crippen molar-refractivity contribution in [2.75, 3.05) is 32.3 Å². The molecule has 1 N–H and O–H groups in total. The molecule has 0 spiro atoms. The Bertz CT molecular complexity index is 563. The van der Waals surface area contributed by atoms with E-state index in [1.165, 1.54) is 37.1 Å². The lowest BCUT2D eigenvalue weighted by molar-refractivity contribution is -0.384. The van der Waals surface area contributed by atoms with E-state index in [1.807, 2.05) is 0 Å². The van der Waals surface area contributed by atoms with Crippen molar-refractivity contribution in [3.8, 4) is 5.75 Å². The highest BCUT2D eigenvalue weighted by Gasteiger charge is 2.14. The molecule has 9 heteroatoms. The summed E-state index contributed by atoms with van der Waals surface area (Å²) < 4.78 is 5.65. The Morgan fingerprint density at radius 3 is 2.71 bits per heavy atom. The van der Waals surface area contributed by atoms with Crippen LogP contribution in [-0.2, 0) is 4.79 Å². The first kappa shape index (κ1) is 17.2. The topological polar surface area (TPSA) is 84.7 Å². The maximum absolute atomic E-state index is 11.9. The number of nitrogens with one attached hydrogen (secondary N) is 1. The number of hydrogen-bond acceptors (Lipinski definition) is 6. The molecule has 0 radical (unpaired) electrons. The molecule has 1 aromatic rings. The minimum atomic E-state index is -0.537. The van der Waals surface area contributed by atoms with Crippen LogP contribution in [0.5, 0.6) is 5.75 Å².